The molecule has 33 heavy (non-hydrogen) atoms. The van der Waals surface area contributed by atoms with Crippen LogP contribution in [0.3, 0.4) is 0 Å². The maximum absolute atomic E-state index is 13.2. The third-order valence-electron chi connectivity index (χ3n) is 6.24. The normalized spacial score (nSPS) is 22.8. The Morgan fingerprint density at radius 2 is 2.15 bits per heavy atom. The number of nitriles is 1. The summed E-state index contributed by atoms with van der Waals surface area (Å²) in [5.74, 6) is -0.147. The van der Waals surface area contributed by atoms with Crippen LogP contribution in [0.25, 0.3) is 10.4 Å². The molecule has 2 amide bonds. The largest absolute Gasteiger partial charge is 0.444 e. The van der Waals surface area contributed by atoms with Crippen molar-refractivity contribution in [2.24, 2.45) is 5.92 Å². The Bertz CT molecular complexity index is 1060. The van der Waals surface area contributed by atoms with E-state index in [4.69, 9.17) is 4.74 Å². The zero-order valence-corrected chi connectivity index (χ0v) is 20.4. The summed E-state index contributed by atoms with van der Waals surface area (Å²) in [4.78, 5) is 29.7. The number of likely N-dealkylation sites (tertiary alicyclic amines) is 1. The van der Waals surface area contributed by atoms with Crippen molar-refractivity contribution in [3.05, 3.63) is 29.4 Å². The second-order valence-corrected chi connectivity index (χ2v) is 11.0. The zero-order chi connectivity index (χ0) is 23.8. The van der Waals surface area contributed by atoms with E-state index in [2.05, 4.69) is 16.5 Å². The van der Waals surface area contributed by atoms with Crippen LogP contribution < -0.4 is 5.32 Å². The van der Waals surface area contributed by atoms with E-state index in [0.717, 1.165) is 41.1 Å². The molecule has 0 spiro atoms. The van der Waals surface area contributed by atoms with E-state index >= 15 is 0 Å². The molecule has 176 valence electrons. The fourth-order valence-electron chi connectivity index (χ4n) is 4.80. The van der Waals surface area contributed by atoms with Gasteiger partial charge in [0.15, 0.2) is 0 Å². The first kappa shape index (κ1) is 23.3. The summed E-state index contributed by atoms with van der Waals surface area (Å²) in [6.07, 6.45) is 6.43. The van der Waals surface area contributed by atoms with Gasteiger partial charge in [0.1, 0.15) is 17.7 Å². The summed E-state index contributed by atoms with van der Waals surface area (Å²) >= 11 is 1.60. The number of amides is 2. The minimum atomic E-state index is -0.665. The first-order valence-electron chi connectivity index (χ1n) is 11.5. The minimum absolute atomic E-state index is 0.0324. The van der Waals surface area contributed by atoms with E-state index in [1.54, 1.807) is 16.2 Å². The van der Waals surface area contributed by atoms with Crippen LogP contribution in [0.15, 0.2) is 24.5 Å². The lowest BCUT2D eigenvalue weighted by atomic mass is 9.97. The third kappa shape index (κ3) is 5.06. The summed E-state index contributed by atoms with van der Waals surface area (Å²) in [5, 5.41) is 16.9. The van der Waals surface area contributed by atoms with Crippen molar-refractivity contribution in [1.82, 2.24) is 20.0 Å². The molecule has 8 nitrogen and oxygen atoms in total. The molecule has 9 heteroatoms. The number of ether oxygens (including phenoxy) is 1. The minimum Gasteiger partial charge on any atom is -0.444 e. The first-order chi connectivity index (χ1) is 15.7. The second kappa shape index (κ2) is 9.18. The van der Waals surface area contributed by atoms with Crippen LogP contribution in [-0.2, 0) is 22.5 Å². The van der Waals surface area contributed by atoms with Crippen LogP contribution in [0, 0.1) is 17.2 Å². The van der Waals surface area contributed by atoms with Crippen LogP contribution >= 0.6 is 11.3 Å². The fourth-order valence-corrected chi connectivity index (χ4v) is 5.82. The monoisotopic (exact) mass is 469 g/mol. The molecule has 3 unspecified atom stereocenters. The molecule has 4 atom stereocenters. The van der Waals surface area contributed by atoms with Gasteiger partial charge in [-0.1, -0.05) is 0 Å². The molecular formula is C24H31N5O3S. The van der Waals surface area contributed by atoms with Crippen molar-refractivity contribution in [2.75, 3.05) is 0 Å². The van der Waals surface area contributed by atoms with E-state index < -0.39 is 23.8 Å². The summed E-state index contributed by atoms with van der Waals surface area (Å²) in [7, 11) is 0. The molecule has 1 N–H and O–H groups in total. The average Bonchev–Trinajstić information content (AvgIpc) is 3.54. The number of carbonyl (C=O) groups is 2. The number of nitrogens with zero attached hydrogens (tertiary/aromatic N) is 4. The lowest BCUT2D eigenvalue weighted by Crippen LogP contribution is -2.55. The van der Waals surface area contributed by atoms with Crippen LogP contribution in [-0.4, -0.2) is 50.4 Å². The molecule has 2 aliphatic rings. The third-order valence-corrected chi connectivity index (χ3v) is 7.40. The van der Waals surface area contributed by atoms with E-state index in [-0.39, 0.29) is 17.9 Å². The Hall–Kier alpha value is -2.86. The number of hydrogen-bond acceptors (Lipinski definition) is 6. The summed E-state index contributed by atoms with van der Waals surface area (Å²) in [5.41, 5.74) is 0.417. The Morgan fingerprint density at radius 3 is 2.82 bits per heavy atom. The predicted molar refractivity (Wildman–Crippen MR) is 125 cm³/mol. The number of thiophene rings is 1. The maximum Gasteiger partial charge on any atom is 0.411 e. The zero-order valence-electron chi connectivity index (χ0n) is 19.6. The van der Waals surface area contributed by atoms with Crippen molar-refractivity contribution < 1.29 is 14.3 Å². The van der Waals surface area contributed by atoms with Gasteiger partial charge in [-0.25, -0.2) is 4.79 Å². The van der Waals surface area contributed by atoms with E-state index in [0.29, 0.717) is 6.42 Å². The highest BCUT2D eigenvalue weighted by atomic mass is 32.1. The number of fused-ring (bicyclic) bond motifs is 2. The molecule has 1 saturated carbocycles. The average molecular weight is 470 g/mol. The van der Waals surface area contributed by atoms with Crippen LogP contribution in [0.4, 0.5) is 4.79 Å². The van der Waals surface area contributed by atoms with Crippen molar-refractivity contribution in [1.29, 1.82) is 5.26 Å². The highest BCUT2D eigenvalue weighted by Gasteiger charge is 2.52. The van der Waals surface area contributed by atoms with Gasteiger partial charge in [0.25, 0.3) is 0 Å². The summed E-state index contributed by atoms with van der Waals surface area (Å²) in [6.45, 7) is 8.31. The molecule has 1 saturated heterocycles. The topological polar surface area (TPSA) is 100 Å². The van der Waals surface area contributed by atoms with Crippen LogP contribution in [0.5, 0.6) is 0 Å². The molecule has 3 heterocycles. The lowest BCUT2D eigenvalue weighted by molar-refractivity contribution is -0.128. The molecule has 2 bridgehead atoms. The van der Waals surface area contributed by atoms with Crippen molar-refractivity contribution in [2.45, 2.75) is 83.6 Å². The van der Waals surface area contributed by atoms with Gasteiger partial charge in [-0.2, -0.15) is 10.4 Å². The predicted octanol–water partition coefficient (Wildman–Crippen LogP) is 3.97. The molecular weight excluding hydrogens is 438 g/mol. The molecule has 4 rings (SSSR count). The Labute approximate surface area is 198 Å². The van der Waals surface area contributed by atoms with Gasteiger partial charge in [0.2, 0.25) is 5.91 Å². The SMILES string of the molecule is CCn1cc(-c2ccc(C[C@@H](C#N)NC(=O)C3C4CCC(C4)N3C(=O)OC(C)(C)C)s2)cn1. The fraction of sp³-hybridized carbons (Fsp3) is 0.583. The Balaban J connectivity index is 1.42. The molecule has 1 aliphatic carbocycles. The summed E-state index contributed by atoms with van der Waals surface area (Å²) in [6, 6.07) is 5.02. The first-order valence-corrected chi connectivity index (χ1v) is 12.3. The second-order valence-electron chi connectivity index (χ2n) is 9.80. The molecule has 2 aromatic rings. The lowest BCUT2D eigenvalue weighted by Gasteiger charge is -2.35. The van der Waals surface area contributed by atoms with Crippen LogP contribution in [0.1, 0.15) is 51.8 Å². The summed E-state index contributed by atoms with van der Waals surface area (Å²) < 4.78 is 7.45. The van der Waals surface area contributed by atoms with Gasteiger partial charge in [0.05, 0.1) is 12.3 Å². The maximum atomic E-state index is 13.2. The van der Waals surface area contributed by atoms with Gasteiger partial charge >= 0.3 is 6.09 Å². The molecule has 2 aromatic heterocycles. The molecule has 2 fully saturated rings. The van der Waals surface area contributed by atoms with Gasteiger partial charge in [-0.15, -0.1) is 11.3 Å². The standard InChI is InChI=1S/C24H31N5O3S/c1-5-28-14-16(13-26-28)20-9-8-19(33-20)11-17(12-25)27-22(30)21-15-6-7-18(10-15)29(21)23(31)32-24(2,3)4/h8-9,13-15,17-18,21H,5-7,10-11H2,1-4H3,(H,27,30)/t15?,17-,18?,21?/m0/s1. The number of rotatable bonds is 6. The van der Waals surface area contributed by atoms with Gasteiger partial charge in [0, 0.05) is 40.5 Å². The van der Waals surface area contributed by atoms with Crippen molar-refractivity contribution in [3.8, 4) is 16.5 Å². The highest BCUT2D eigenvalue weighted by molar-refractivity contribution is 7.15. The molecule has 1 aliphatic heterocycles. The number of nitrogens with one attached hydrogen (secondary N) is 1. The quantitative estimate of drug-likeness (QED) is 0.690. The molecule has 0 radical (unpaired) electrons. The van der Waals surface area contributed by atoms with Crippen molar-refractivity contribution in [3.63, 3.8) is 0 Å². The number of hydrogen-bond donors (Lipinski definition) is 1. The smallest absolute Gasteiger partial charge is 0.411 e. The molecule has 0 aromatic carbocycles. The van der Waals surface area contributed by atoms with E-state index in [9.17, 15) is 14.9 Å². The highest BCUT2D eigenvalue weighted by Crippen LogP contribution is 2.43. The Kier molecular flexibility index (Phi) is 6.48. The van der Waals surface area contributed by atoms with Gasteiger partial charge < -0.3 is 10.1 Å². The number of aromatic nitrogens is 2. The number of aryl methyl sites for hydroxylation is 1. The van der Waals surface area contributed by atoms with E-state index in [1.807, 2.05) is 56.9 Å². The van der Waals surface area contributed by atoms with Gasteiger partial charge in [-0.05, 0) is 65.0 Å². The Morgan fingerprint density at radius 1 is 1.36 bits per heavy atom. The number of piperidine rings is 1. The number of carbonyl (C=O) groups excluding carboxylic acids is 2. The van der Waals surface area contributed by atoms with E-state index in [1.165, 1.54) is 0 Å². The van der Waals surface area contributed by atoms with Gasteiger partial charge in [-0.3, -0.25) is 14.4 Å². The van der Waals surface area contributed by atoms with Crippen molar-refractivity contribution >= 4 is 23.3 Å². The van der Waals surface area contributed by atoms with Crippen LogP contribution in [0.2, 0.25) is 0 Å².